The number of aryl methyl sites for hydroxylation is 1. The van der Waals surface area contributed by atoms with Gasteiger partial charge in [-0.15, -0.1) is 0 Å². The molecule has 0 saturated heterocycles. The summed E-state index contributed by atoms with van der Waals surface area (Å²) in [4.78, 5) is 12.2. The van der Waals surface area contributed by atoms with Crippen molar-refractivity contribution < 1.29 is 4.52 Å². The van der Waals surface area contributed by atoms with Gasteiger partial charge in [0.15, 0.2) is 5.82 Å². The molecule has 0 spiro atoms. The van der Waals surface area contributed by atoms with Gasteiger partial charge < -0.3 is 9.84 Å². The van der Waals surface area contributed by atoms with E-state index in [-0.39, 0.29) is 0 Å². The van der Waals surface area contributed by atoms with Crippen molar-refractivity contribution in [2.45, 2.75) is 20.4 Å². The van der Waals surface area contributed by atoms with Crippen molar-refractivity contribution in [3.05, 3.63) is 28.8 Å². The van der Waals surface area contributed by atoms with E-state index in [0.717, 1.165) is 5.56 Å². The monoisotopic (exact) mass is 239 g/mol. The van der Waals surface area contributed by atoms with Gasteiger partial charge in [-0.25, -0.2) is 9.97 Å². The fourth-order valence-electron chi connectivity index (χ4n) is 1.20. The predicted molar refractivity (Wildman–Crippen MR) is 58.1 cm³/mol. The van der Waals surface area contributed by atoms with Gasteiger partial charge >= 0.3 is 0 Å². The summed E-state index contributed by atoms with van der Waals surface area (Å²) in [5, 5.41) is 7.20. The first-order valence-electron chi connectivity index (χ1n) is 4.66. The summed E-state index contributed by atoms with van der Waals surface area (Å²) in [6, 6.07) is 0. The van der Waals surface area contributed by atoms with E-state index in [4.69, 9.17) is 11.6 Å². The van der Waals surface area contributed by atoms with E-state index in [2.05, 4.69) is 29.9 Å². The maximum absolute atomic E-state index is 5.94. The molecule has 2 heterocycles. The third-order valence-electron chi connectivity index (χ3n) is 2.02. The number of hydrogen-bond acceptors (Lipinski definition) is 6. The van der Waals surface area contributed by atoms with Crippen LogP contribution in [0, 0.1) is 13.8 Å². The van der Waals surface area contributed by atoms with Crippen LogP contribution in [0.15, 0.2) is 10.9 Å². The molecule has 0 aliphatic heterocycles. The van der Waals surface area contributed by atoms with Crippen LogP contribution in [-0.4, -0.2) is 20.1 Å². The SMILES string of the molecule is Cc1nc(Cl)c(C)c(NCc2ncon2)n1. The zero-order chi connectivity index (χ0) is 11.5. The fourth-order valence-corrected chi connectivity index (χ4v) is 1.41. The van der Waals surface area contributed by atoms with Crippen LogP contribution in [0.4, 0.5) is 5.82 Å². The quantitative estimate of drug-likeness (QED) is 0.823. The second kappa shape index (κ2) is 4.44. The molecule has 6 nitrogen and oxygen atoms in total. The third-order valence-corrected chi connectivity index (χ3v) is 2.39. The molecule has 0 fully saturated rings. The van der Waals surface area contributed by atoms with Crippen LogP contribution in [0.25, 0.3) is 0 Å². The van der Waals surface area contributed by atoms with Crippen LogP contribution >= 0.6 is 11.6 Å². The average molecular weight is 240 g/mol. The summed E-state index contributed by atoms with van der Waals surface area (Å²) in [6.07, 6.45) is 1.28. The molecule has 2 aromatic rings. The molecule has 0 radical (unpaired) electrons. The number of nitrogens with one attached hydrogen (secondary N) is 1. The summed E-state index contributed by atoms with van der Waals surface area (Å²) in [5.74, 6) is 1.86. The molecule has 0 saturated carbocycles. The Hall–Kier alpha value is -1.69. The van der Waals surface area contributed by atoms with Gasteiger partial charge in [0.2, 0.25) is 6.39 Å². The average Bonchev–Trinajstić information content (AvgIpc) is 2.74. The molecule has 16 heavy (non-hydrogen) atoms. The van der Waals surface area contributed by atoms with Gasteiger partial charge in [-0.05, 0) is 13.8 Å². The highest BCUT2D eigenvalue weighted by molar-refractivity contribution is 6.30. The normalized spacial score (nSPS) is 10.4. The summed E-state index contributed by atoms with van der Waals surface area (Å²) in [5.41, 5.74) is 0.802. The molecule has 2 rings (SSSR count). The second-order valence-electron chi connectivity index (χ2n) is 3.24. The molecule has 0 unspecified atom stereocenters. The van der Waals surface area contributed by atoms with E-state index in [9.17, 15) is 0 Å². The van der Waals surface area contributed by atoms with Gasteiger partial charge in [-0.3, -0.25) is 0 Å². The lowest BCUT2D eigenvalue weighted by atomic mass is 10.3. The van der Waals surface area contributed by atoms with Crippen molar-refractivity contribution in [3.63, 3.8) is 0 Å². The van der Waals surface area contributed by atoms with E-state index in [0.29, 0.717) is 29.2 Å². The Morgan fingerprint density at radius 1 is 1.38 bits per heavy atom. The summed E-state index contributed by atoms with van der Waals surface area (Å²) in [7, 11) is 0. The lowest BCUT2D eigenvalue weighted by Crippen LogP contribution is -2.06. The zero-order valence-electron chi connectivity index (χ0n) is 8.86. The van der Waals surface area contributed by atoms with Crippen molar-refractivity contribution in [1.82, 2.24) is 20.1 Å². The molecule has 0 aliphatic rings. The number of rotatable bonds is 3. The molecule has 0 amide bonds. The molecule has 0 atom stereocenters. The summed E-state index contributed by atoms with van der Waals surface area (Å²) < 4.78 is 4.62. The van der Waals surface area contributed by atoms with Crippen LogP contribution in [0.3, 0.4) is 0 Å². The van der Waals surface area contributed by atoms with Gasteiger partial charge in [0.25, 0.3) is 0 Å². The van der Waals surface area contributed by atoms with Crippen molar-refractivity contribution in [2.75, 3.05) is 5.32 Å². The maximum atomic E-state index is 5.94. The van der Waals surface area contributed by atoms with Crippen LogP contribution in [0.2, 0.25) is 5.15 Å². The highest BCUT2D eigenvalue weighted by Gasteiger charge is 2.07. The highest BCUT2D eigenvalue weighted by atomic mass is 35.5. The molecule has 0 aliphatic carbocycles. The van der Waals surface area contributed by atoms with Gasteiger partial charge in [0.05, 0.1) is 6.54 Å². The Morgan fingerprint density at radius 2 is 2.19 bits per heavy atom. The van der Waals surface area contributed by atoms with Gasteiger partial charge in [-0.1, -0.05) is 16.8 Å². The van der Waals surface area contributed by atoms with Crippen LogP contribution in [-0.2, 0) is 6.54 Å². The van der Waals surface area contributed by atoms with E-state index in [1.165, 1.54) is 6.39 Å². The number of nitrogens with zero attached hydrogens (tertiary/aromatic N) is 4. The Kier molecular flexibility index (Phi) is 3.00. The number of aromatic nitrogens is 4. The number of halogens is 1. The standard InChI is InChI=1S/C9H10ClN5O/c1-5-8(10)13-6(2)14-9(5)11-3-7-12-4-16-15-7/h4H,3H2,1-2H3,(H,11,13,14). The molecular weight excluding hydrogens is 230 g/mol. The molecule has 0 aromatic carbocycles. The Morgan fingerprint density at radius 3 is 2.88 bits per heavy atom. The van der Waals surface area contributed by atoms with Crippen LogP contribution in [0.1, 0.15) is 17.2 Å². The minimum atomic E-state index is 0.435. The summed E-state index contributed by atoms with van der Waals surface area (Å²) >= 11 is 5.94. The van der Waals surface area contributed by atoms with E-state index < -0.39 is 0 Å². The fraction of sp³-hybridized carbons (Fsp3) is 0.333. The Labute approximate surface area is 97.1 Å². The molecule has 0 bridgehead atoms. The maximum Gasteiger partial charge on any atom is 0.213 e. The first-order valence-corrected chi connectivity index (χ1v) is 5.04. The first kappa shape index (κ1) is 10.8. The lowest BCUT2D eigenvalue weighted by molar-refractivity contribution is 0.411. The smallest absolute Gasteiger partial charge is 0.213 e. The second-order valence-corrected chi connectivity index (χ2v) is 3.59. The van der Waals surface area contributed by atoms with Crippen LogP contribution < -0.4 is 5.32 Å². The molecule has 84 valence electrons. The molecule has 1 N–H and O–H groups in total. The largest absolute Gasteiger partial charge is 0.362 e. The minimum Gasteiger partial charge on any atom is -0.362 e. The van der Waals surface area contributed by atoms with E-state index >= 15 is 0 Å². The molecule has 2 aromatic heterocycles. The van der Waals surface area contributed by atoms with Gasteiger partial charge in [0.1, 0.15) is 16.8 Å². The lowest BCUT2D eigenvalue weighted by Gasteiger charge is -2.08. The number of hydrogen-bond donors (Lipinski definition) is 1. The third kappa shape index (κ3) is 2.27. The van der Waals surface area contributed by atoms with Crippen molar-refractivity contribution >= 4 is 17.4 Å². The van der Waals surface area contributed by atoms with Crippen molar-refractivity contribution in [3.8, 4) is 0 Å². The summed E-state index contributed by atoms with van der Waals surface area (Å²) in [6.45, 7) is 4.06. The molecule has 7 heteroatoms. The van der Waals surface area contributed by atoms with Gasteiger partial charge in [-0.2, -0.15) is 4.98 Å². The van der Waals surface area contributed by atoms with Gasteiger partial charge in [0, 0.05) is 5.56 Å². The molecular formula is C9H10ClN5O. The minimum absolute atomic E-state index is 0.435. The van der Waals surface area contributed by atoms with E-state index in [1.807, 2.05) is 6.92 Å². The van der Waals surface area contributed by atoms with Crippen molar-refractivity contribution in [1.29, 1.82) is 0 Å². The van der Waals surface area contributed by atoms with E-state index in [1.54, 1.807) is 6.92 Å². The Balaban J connectivity index is 2.15. The highest BCUT2D eigenvalue weighted by Crippen LogP contribution is 2.19. The topological polar surface area (TPSA) is 76.7 Å². The first-order chi connectivity index (χ1) is 7.66. The van der Waals surface area contributed by atoms with Crippen molar-refractivity contribution in [2.24, 2.45) is 0 Å². The predicted octanol–water partition coefficient (Wildman–Crippen LogP) is 1.74. The Bertz CT molecular complexity index is 485. The van der Waals surface area contributed by atoms with Crippen LogP contribution in [0.5, 0.6) is 0 Å². The number of anilines is 1. The zero-order valence-corrected chi connectivity index (χ0v) is 9.62.